The molecule has 0 aliphatic carbocycles. The Morgan fingerprint density at radius 2 is 1.50 bits per heavy atom. The summed E-state index contributed by atoms with van der Waals surface area (Å²) in [6, 6.07) is -0.475. The van der Waals surface area contributed by atoms with E-state index in [1.807, 2.05) is 0 Å². The molecule has 0 aliphatic rings. The van der Waals surface area contributed by atoms with Gasteiger partial charge >= 0.3 is 12.4 Å². The Labute approximate surface area is 89.2 Å². The van der Waals surface area contributed by atoms with Crippen molar-refractivity contribution < 1.29 is 26.3 Å². The normalized spacial score (nSPS) is 15.6. The maximum atomic E-state index is 12.1. The van der Waals surface area contributed by atoms with Crippen molar-refractivity contribution in [2.75, 3.05) is 13.1 Å². The highest BCUT2D eigenvalue weighted by molar-refractivity contribution is 4.78. The van der Waals surface area contributed by atoms with E-state index < -0.39 is 30.9 Å². The van der Waals surface area contributed by atoms with Gasteiger partial charge in [-0.1, -0.05) is 0 Å². The van der Waals surface area contributed by atoms with Crippen LogP contribution in [-0.4, -0.2) is 31.5 Å². The molecule has 0 fully saturated rings. The second-order valence-corrected chi connectivity index (χ2v) is 3.52. The van der Waals surface area contributed by atoms with E-state index in [0.717, 1.165) is 0 Å². The highest BCUT2D eigenvalue weighted by Gasteiger charge is 2.56. The number of hydrogen-bond donors (Lipinski definition) is 2. The summed E-state index contributed by atoms with van der Waals surface area (Å²) < 4.78 is 72.4. The van der Waals surface area contributed by atoms with Gasteiger partial charge in [0.2, 0.25) is 0 Å². The van der Waals surface area contributed by atoms with E-state index in [4.69, 9.17) is 5.73 Å². The lowest BCUT2D eigenvalue weighted by molar-refractivity contribution is -0.282. The Morgan fingerprint density at radius 3 is 1.81 bits per heavy atom. The van der Waals surface area contributed by atoms with Gasteiger partial charge in [-0.05, 0) is 19.9 Å². The Morgan fingerprint density at radius 1 is 1.06 bits per heavy atom. The first-order chi connectivity index (χ1) is 7.09. The van der Waals surface area contributed by atoms with Crippen LogP contribution in [-0.2, 0) is 0 Å². The molecule has 0 aromatic rings. The third-order valence-corrected chi connectivity index (χ3v) is 2.06. The minimum absolute atomic E-state index is 0.205. The highest BCUT2D eigenvalue weighted by atomic mass is 19.4. The first-order valence-corrected chi connectivity index (χ1v) is 4.66. The molecular weight excluding hydrogens is 238 g/mol. The molecule has 0 rings (SSSR count). The fourth-order valence-corrected chi connectivity index (χ4v) is 1.09. The summed E-state index contributed by atoms with van der Waals surface area (Å²) in [6.07, 6.45) is -10.2. The molecule has 0 saturated carbocycles. The molecule has 2 nitrogen and oxygen atoms in total. The summed E-state index contributed by atoms with van der Waals surface area (Å²) in [4.78, 5) is 0. The van der Waals surface area contributed by atoms with Crippen LogP contribution in [0.5, 0.6) is 0 Å². The Hall–Kier alpha value is -0.500. The molecule has 0 spiro atoms. The number of nitrogens with one attached hydrogen (secondary N) is 1. The van der Waals surface area contributed by atoms with E-state index in [-0.39, 0.29) is 6.54 Å². The molecule has 0 aliphatic heterocycles. The van der Waals surface area contributed by atoms with Gasteiger partial charge in [-0.15, -0.1) is 0 Å². The van der Waals surface area contributed by atoms with E-state index >= 15 is 0 Å². The molecule has 0 heterocycles. The van der Waals surface area contributed by atoms with Crippen molar-refractivity contribution in [3.8, 4) is 0 Å². The minimum atomic E-state index is -5.28. The van der Waals surface area contributed by atoms with E-state index in [1.165, 1.54) is 6.92 Å². The lowest BCUT2D eigenvalue weighted by atomic mass is 10.1. The summed E-state index contributed by atoms with van der Waals surface area (Å²) in [5, 5.41) is 2.18. The van der Waals surface area contributed by atoms with Crippen molar-refractivity contribution in [3.63, 3.8) is 0 Å². The zero-order valence-corrected chi connectivity index (χ0v) is 8.62. The van der Waals surface area contributed by atoms with Gasteiger partial charge in [0, 0.05) is 12.6 Å². The van der Waals surface area contributed by atoms with Crippen molar-refractivity contribution in [1.29, 1.82) is 0 Å². The van der Waals surface area contributed by atoms with Crippen molar-refractivity contribution in [2.45, 2.75) is 31.7 Å². The lowest BCUT2D eigenvalue weighted by Gasteiger charge is -2.24. The average molecular weight is 252 g/mol. The van der Waals surface area contributed by atoms with Gasteiger partial charge in [0.15, 0.2) is 5.92 Å². The van der Waals surface area contributed by atoms with Crippen LogP contribution >= 0.6 is 0 Å². The van der Waals surface area contributed by atoms with Crippen molar-refractivity contribution in [2.24, 2.45) is 11.7 Å². The maximum Gasteiger partial charge on any atom is 0.401 e. The monoisotopic (exact) mass is 252 g/mol. The number of alkyl halides is 6. The first kappa shape index (κ1) is 15.5. The third kappa shape index (κ3) is 5.55. The van der Waals surface area contributed by atoms with Crippen molar-refractivity contribution in [1.82, 2.24) is 5.32 Å². The van der Waals surface area contributed by atoms with Crippen LogP contribution in [0.2, 0.25) is 0 Å². The zero-order chi connectivity index (χ0) is 13.0. The van der Waals surface area contributed by atoms with Crippen LogP contribution in [0.25, 0.3) is 0 Å². The fourth-order valence-electron chi connectivity index (χ4n) is 1.09. The standard InChI is InChI=1S/C8H14F6N2/c1-5(2-3-15)16-4-6(7(9,10)11)8(12,13)14/h5-6,16H,2-4,15H2,1H3. The van der Waals surface area contributed by atoms with Gasteiger partial charge < -0.3 is 11.1 Å². The molecule has 0 aromatic carbocycles. The molecule has 16 heavy (non-hydrogen) atoms. The largest absolute Gasteiger partial charge is 0.401 e. The summed E-state index contributed by atoms with van der Waals surface area (Å²) in [5.74, 6) is -3.33. The van der Waals surface area contributed by atoms with Gasteiger partial charge in [-0.3, -0.25) is 0 Å². The Kier molecular flexibility index (Phi) is 5.54. The van der Waals surface area contributed by atoms with Gasteiger partial charge in [0.1, 0.15) is 0 Å². The predicted molar refractivity (Wildman–Crippen MR) is 46.7 cm³/mol. The molecule has 1 atom stereocenters. The molecule has 0 amide bonds. The summed E-state index contributed by atoms with van der Waals surface area (Å²) in [6.45, 7) is 0.516. The molecule has 3 N–H and O–H groups in total. The second-order valence-electron chi connectivity index (χ2n) is 3.52. The van der Waals surface area contributed by atoms with Gasteiger partial charge in [0.05, 0.1) is 0 Å². The molecular formula is C8H14F6N2. The first-order valence-electron chi connectivity index (χ1n) is 4.66. The average Bonchev–Trinajstić information content (AvgIpc) is 1.99. The number of rotatable bonds is 5. The zero-order valence-electron chi connectivity index (χ0n) is 8.62. The van der Waals surface area contributed by atoms with Crippen molar-refractivity contribution in [3.05, 3.63) is 0 Å². The SMILES string of the molecule is CC(CCN)NCC(C(F)(F)F)C(F)(F)F. The quantitative estimate of drug-likeness (QED) is 0.735. The fraction of sp³-hybridized carbons (Fsp3) is 1.00. The maximum absolute atomic E-state index is 12.1. The summed E-state index contributed by atoms with van der Waals surface area (Å²) >= 11 is 0. The van der Waals surface area contributed by atoms with Gasteiger partial charge in [-0.25, -0.2) is 0 Å². The highest BCUT2D eigenvalue weighted by Crippen LogP contribution is 2.38. The summed E-state index contributed by atoms with van der Waals surface area (Å²) in [7, 11) is 0. The number of hydrogen-bond acceptors (Lipinski definition) is 2. The summed E-state index contributed by atoms with van der Waals surface area (Å²) in [5.41, 5.74) is 5.12. The van der Waals surface area contributed by atoms with Gasteiger partial charge in [0.25, 0.3) is 0 Å². The molecule has 0 saturated heterocycles. The van der Waals surface area contributed by atoms with E-state index in [1.54, 1.807) is 0 Å². The molecule has 8 heteroatoms. The van der Waals surface area contributed by atoms with Crippen LogP contribution in [0.4, 0.5) is 26.3 Å². The van der Waals surface area contributed by atoms with Crippen LogP contribution in [0, 0.1) is 5.92 Å². The molecule has 0 radical (unpaired) electrons. The third-order valence-electron chi connectivity index (χ3n) is 2.06. The molecule has 0 bridgehead atoms. The molecule has 1 unspecified atom stereocenters. The smallest absolute Gasteiger partial charge is 0.330 e. The van der Waals surface area contributed by atoms with Crippen LogP contribution in [0.3, 0.4) is 0 Å². The molecule has 0 aromatic heterocycles. The molecule has 98 valence electrons. The number of nitrogens with two attached hydrogens (primary N) is 1. The Balaban J connectivity index is 4.36. The second kappa shape index (κ2) is 5.72. The number of halogens is 6. The van der Waals surface area contributed by atoms with E-state index in [9.17, 15) is 26.3 Å². The van der Waals surface area contributed by atoms with Crippen LogP contribution < -0.4 is 11.1 Å². The van der Waals surface area contributed by atoms with E-state index in [2.05, 4.69) is 5.32 Å². The van der Waals surface area contributed by atoms with Crippen LogP contribution in [0.15, 0.2) is 0 Å². The topological polar surface area (TPSA) is 38.0 Å². The van der Waals surface area contributed by atoms with Gasteiger partial charge in [-0.2, -0.15) is 26.3 Å². The van der Waals surface area contributed by atoms with Crippen molar-refractivity contribution >= 4 is 0 Å². The van der Waals surface area contributed by atoms with Crippen LogP contribution in [0.1, 0.15) is 13.3 Å². The minimum Gasteiger partial charge on any atom is -0.330 e. The van der Waals surface area contributed by atoms with E-state index in [0.29, 0.717) is 6.42 Å². The Bertz CT molecular complexity index is 186. The lowest BCUT2D eigenvalue weighted by Crippen LogP contribution is -2.45. The predicted octanol–water partition coefficient (Wildman–Crippen LogP) is 2.05.